The summed E-state index contributed by atoms with van der Waals surface area (Å²) in [6, 6.07) is 3.59. The molecule has 0 aromatic heterocycles. The number of nitrogens with one attached hydrogen (secondary N) is 1. The minimum atomic E-state index is -0.873. The molecule has 0 bridgehead atoms. The predicted molar refractivity (Wildman–Crippen MR) is 100 cm³/mol. The van der Waals surface area contributed by atoms with Crippen LogP contribution in [0.2, 0.25) is 10.0 Å². The molecule has 25 heavy (non-hydrogen) atoms. The molecule has 1 aromatic carbocycles. The fraction of sp³-hybridized carbons (Fsp3) is 0.438. The normalized spacial score (nSPS) is 11.6. The molecule has 2 amide bonds. The molecule has 0 aliphatic rings. The number of thioether (sulfide) groups is 1. The molecule has 9 heteroatoms. The van der Waals surface area contributed by atoms with Crippen LogP contribution in [0.4, 0.5) is 0 Å². The summed E-state index contributed by atoms with van der Waals surface area (Å²) in [6.07, 6.45) is 2.25. The number of hydrogen-bond donors (Lipinski definition) is 1. The SMILES string of the molecule is CSCC[C@@H](NC(=O)c1ccc(Cl)cc1Cl)C(=O)OCC(=O)N(C)C. The van der Waals surface area contributed by atoms with E-state index in [1.54, 1.807) is 14.1 Å². The van der Waals surface area contributed by atoms with Crippen LogP contribution < -0.4 is 5.32 Å². The van der Waals surface area contributed by atoms with Crippen LogP contribution in [0.3, 0.4) is 0 Å². The van der Waals surface area contributed by atoms with Gasteiger partial charge in [0.25, 0.3) is 11.8 Å². The smallest absolute Gasteiger partial charge is 0.329 e. The van der Waals surface area contributed by atoms with Crippen molar-refractivity contribution in [2.45, 2.75) is 12.5 Å². The van der Waals surface area contributed by atoms with Gasteiger partial charge < -0.3 is 15.0 Å². The van der Waals surface area contributed by atoms with Gasteiger partial charge in [-0.15, -0.1) is 0 Å². The van der Waals surface area contributed by atoms with Crippen molar-refractivity contribution < 1.29 is 19.1 Å². The van der Waals surface area contributed by atoms with E-state index in [1.165, 1.54) is 34.9 Å². The third-order valence-corrected chi connectivity index (χ3v) is 4.40. The van der Waals surface area contributed by atoms with E-state index in [0.29, 0.717) is 17.2 Å². The molecule has 0 spiro atoms. The van der Waals surface area contributed by atoms with E-state index in [4.69, 9.17) is 27.9 Å². The molecule has 6 nitrogen and oxygen atoms in total. The number of carbonyl (C=O) groups excluding carboxylic acids is 3. The van der Waals surface area contributed by atoms with E-state index in [0.717, 1.165) is 0 Å². The molecule has 1 atom stereocenters. The predicted octanol–water partition coefficient (Wildman–Crippen LogP) is 2.48. The number of benzene rings is 1. The van der Waals surface area contributed by atoms with Crippen molar-refractivity contribution >= 4 is 52.7 Å². The highest BCUT2D eigenvalue weighted by Gasteiger charge is 2.24. The first-order valence-corrected chi connectivity index (χ1v) is 9.53. The Hall–Kier alpha value is -1.44. The van der Waals surface area contributed by atoms with E-state index in [9.17, 15) is 14.4 Å². The zero-order chi connectivity index (χ0) is 19.0. The van der Waals surface area contributed by atoms with Crippen LogP contribution in [0.5, 0.6) is 0 Å². The quantitative estimate of drug-likeness (QED) is 0.671. The number of nitrogens with zero attached hydrogens (tertiary/aromatic N) is 1. The Bertz CT molecular complexity index is 641. The third kappa shape index (κ3) is 7.13. The number of likely N-dealkylation sites (N-methyl/N-ethyl adjacent to an activating group) is 1. The van der Waals surface area contributed by atoms with Gasteiger partial charge in [-0.2, -0.15) is 11.8 Å². The van der Waals surface area contributed by atoms with Crippen molar-refractivity contribution in [3.63, 3.8) is 0 Å². The molecule has 0 saturated heterocycles. The van der Waals surface area contributed by atoms with Crippen LogP contribution in [-0.2, 0) is 14.3 Å². The molecule has 138 valence electrons. The zero-order valence-electron chi connectivity index (χ0n) is 14.2. The lowest BCUT2D eigenvalue weighted by atomic mass is 10.1. The van der Waals surface area contributed by atoms with Gasteiger partial charge in [0, 0.05) is 19.1 Å². The molecule has 0 unspecified atom stereocenters. The van der Waals surface area contributed by atoms with Gasteiger partial charge in [-0.3, -0.25) is 9.59 Å². The van der Waals surface area contributed by atoms with Gasteiger partial charge in [-0.05, 0) is 36.6 Å². The van der Waals surface area contributed by atoms with Crippen molar-refractivity contribution in [3.05, 3.63) is 33.8 Å². The average molecular weight is 407 g/mol. The monoisotopic (exact) mass is 406 g/mol. The number of halogens is 2. The summed E-state index contributed by atoms with van der Waals surface area (Å²) in [7, 11) is 3.12. The van der Waals surface area contributed by atoms with Crippen LogP contribution in [0.25, 0.3) is 0 Å². The summed E-state index contributed by atoms with van der Waals surface area (Å²) in [5, 5.41) is 3.19. The van der Waals surface area contributed by atoms with Crippen LogP contribution in [0, 0.1) is 0 Å². The minimum absolute atomic E-state index is 0.185. The Morgan fingerprint density at radius 2 is 1.96 bits per heavy atom. The van der Waals surface area contributed by atoms with Crippen molar-refractivity contribution in [2.75, 3.05) is 32.7 Å². The number of carbonyl (C=O) groups is 3. The maximum atomic E-state index is 12.4. The molecule has 0 aliphatic carbocycles. The van der Waals surface area contributed by atoms with E-state index < -0.39 is 17.9 Å². The first-order valence-electron chi connectivity index (χ1n) is 7.38. The number of hydrogen-bond acceptors (Lipinski definition) is 5. The molecule has 0 radical (unpaired) electrons. The highest BCUT2D eigenvalue weighted by molar-refractivity contribution is 7.98. The van der Waals surface area contributed by atoms with Crippen molar-refractivity contribution in [1.29, 1.82) is 0 Å². The summed E-state index contributed by atoms with van der Waals surface area (Å²) in [5.74, 6) is -0.883. The van der Waals surface area contributed by atoms with E-state index in [-0.39, 0.29) is 23.1 Å². The van der Waals surface area contributed by atoms with Crippen LogP contribution in [0.15, 0.2) is 18.2 Å². The second kappa shape index (κ2) is 10.5. The van der Waals surface area contributed by atoms with Crippen molar-refractivity contribution in [3.8, 4) is 0 Å². The number of rotatable bonds is 8. The van der Waals surface area contributed by atoms with Gasteiger partial charge in [-0.25, -0.2) is 4.79 Å². The number of amides is 2. The second-order valence-electron chi connectivity index (χ2n) is 5.33. The van der Waals surface area contributed by atoms with Crippen LogP contribution in [0.1, 0.15) is 16.8 Å². The fourth-order valence-electron chi connectivity index (χ4n) is 1.76. The molecular formula is C16H20Cl2N2O4S. The summed E-state index contributed by atoms with van der Waals surface area (Å²) in [6.45, 7) is -0.376. The maximum absolute atomic E-state index is 12.4. The van der Waals surface area contributed by atoms with Crippen molar-refractivity contribution in [2.24, 2.45) is 0 Å². The Morgan fingerprint density at radius 3 is 2.52 bits per heavy atom. The highest BCUT2D eigenvalue weighted by Crippen LogP contribution is 2.21. The Morgan fingerprint density at radius 1 is 1.28 bits per heavy atom. The summed E-state index contributed by atoms with van der Waals surface area (Å²) >= 11 is 13.4. The van der Waals surface area contributed by atoms with E-state index >= 15 is 0 Å². The molecular weight excluding hydrogens is 387 g/mol. The maximum Gasteiger partial charge on any atom is 0.329 e. The molecule has 0 fully saturated rings. The van der Waals surface area contributed by atoms with E-state index in [2.05, 4.69) is 5.32 Å². The highest BCUT2D eigenvalue weighted by atomic mass is 35.5. The Kier molecular flexibility index (Phi) is 9.10. The van der Waals surface area contributed by atoms with Crippen molar-refractivity contribution in [1.82, 2.24) is 10.2 Å². The van der Waals surface area contributed by atoms with E-state index in [1.807, 2.05) is 6.26 Å². The van der Waals surface area contributed by atoms with Gasteiger partial charge in [0.2, 0.25) is 0 Å². The summed E-state index contributed by atoms with van der Waals surface area (Å²) < 4.78 is 5.00. The third-order valence-electron chi connectivity index (χ3n) is 3.21. The lowest BCUT2D eigenvalue weighted by molar-refractivity contribution is -0.152. The molecule has 0 heterocycles. The fourth-order valence-corrected chi connectivity index (χ4v) is 2.72. The Labute approximate surface area is 161 Å². The standard InChI is InChI=1S/C16H20Cl2N2O4S/c1-20(2)14(21)9-24-16(23)13(6-7-25-3)19-15(22)11-5-4-10(17)8-12(11)18/h4-5,8,13H,6-7,9H2,1-3H3,(H,19,22)/t13-/m1/s1. The van der Waals surface area contributed by atoms with Gasteiger partial charge in [0.05, 0.1) is 10.6 Å². The van der Waals surface area contributed by atoms with Gasteiger partial charge in [0.1, 0.15) is 6.04 Å². The second-order valence-corrected chi connectivity index (χ2v) is 7.16. The summed E-state index contributed by atoms with van der Waals surface area (Å²) in [5.41, 5.74) is 0.206. The first-order chi connectivity index (χ1) is 11.8. The minimum Gasteiger partial charge on any atom is -0.454 e. The zero-order valence-corrected chi connectivity index (χ0v) is 16.5. The first kappa shape index (κ1) is 21.6. The number of ether oxygens (including phenoxy) is 1. The Balaban J connectivity index is 2.78. The van der Waals surface area contributed by atoms with Gasteiger partial charge in [0.15, 0.2) is 6.61 Å². The lowest BCUT2D eigenvalue weighted by Gasteiger charge is -2.18. The number of esters is 1. The lowest BCUT2D eigenvalue weighted by Crippen LogP contribution is -2.43. The molecule has 0 saturated carbocycles. The molecule has 1 aromatic rings. The molecule has 0 aliphatic heterocycles. The van der Waals surface area contributed by atoms with Gasteiger partial charge >= 0.3 is 5.97 Å². The van der Waals surface area contributed by atoms with Crippen LogP contribution >= 0.6 is 35.0 Å². The topological polar surface area (TPSA) is 75.7 Å². The largest absolute Gasteiger partial charge is 0.454 e. The summed E-state index contributed by atoms with van der Waals surface area (Å²) in [4.78, 5) is 37.4. The molecule has 1 N–H and O–H groups in total. The van der Waals surface area contributed by atoms with Crippen LogP contribution in [-0.4, -0.2) is 61.4 Å². The average Bonchev–Trinajstić information content (AvgIpc) is 2.55. The molecule has 1 rings (SSSR count). The van der Waals surface area contributed by atoms with Gasteiger partial charge in [-0.1, -0.05) is 23.2 Å².